The van der Waals surface area contributed by atoms with Crippen molar-refractivity contribution in [1.29, 1.82) is 0 Å². The van der Waals surface area contributed by atoms with Gasteiger partial charge >= 0.3 is 0 Å². The standard InChI is InChI=1S/C15H18BrClN6O/c16-12-9(21-23-4-2-1-3-10(12)23)6-22-5-8(7-24)11-13(17)19-15(18)20-14(11)22/h8,24H,1-7H2,(H2,18,19,20). The fraction of sp³-hybridized carbons (Fsp3) is 0.533. The molecule has 1 atom stereocenters. The highest BCUT2D eigenvalue weighted by molar-refractivity contribution is 9.10. The van der Waals surface area contributed by atoms with Crippen molar-refractivity contribution in [2.24, 2.45) is 0 Å². The number of halogens is 2. The van der Waals surface area contributed by atoms with Crippen LogP contribution in [0.3, 0.4) is 0 Å². The molecule has 128 valence electrons. The van der Waals surface area contributed by atoms with Crippen LogP contribution in [0.25, 0.3) is 0 Å². The molecule has 0 aliphatic carbocycles. The van der Waals surface area contributed by atoms with E-state index in [9.17, 15) is 5.11 Å². The third-order valence-electron chi connectivity index (χ3n) is 4.70. The first-order valence-electron chi connectivity index (χ1n) is 8.01. The van der Waals surface area contributed by atoms with Gasteiger partial charge in [0.1, 0.15) is 11.0 Å². The molecule has 2 aromatic rings. The summed E-state index contributed by atoms with van der Waals surface area (Å²) in [6.45, 7) is 2.18. The number of aryl methyl sites for hydroxylation is 1. The molecular formula is C15H18BrClN6O. The van der Waals surface area contributed by atoms with Crippen LogP contribution in [0.4, 0.5) is 11.8 Å². The molecule has 0 bridgehead atoms. The summed E-state index contributed by atoms with van der Waals surface area (Å²) in [5.74, 6) is 0.735. The Labute approximate surface area is 153 Å². The maximum Gasteiger partial charge on any atom is 0.223 e. The maximum absolute atomic E-state index is 9.68. The fourth-order valence-electron chi connectivity index (χ4n) is 3.56. The van der Waals surface area contributed by atoms with Crippen molar-refractivity contribution in [2.75, 3.05) is 23.8 Å². The summed E-state index contributed by atoms with van der Waals surface area (Å²) in [6, 6.07) is 0. The lowest BCUT2D eigenvalue weighted by molar-refractivity contribution is 0.270. The molecule has 1 unspecified atom stereocenters. The molecule has 0 radical (unpaired) electrons. The first-order chi connectivity index (χ1) is 11.6. The Morgan fingerprint density at radius 3 is 2.92 bits per heavy atom. The zero-order valence-corrected chi connectivity index (χ0v) is 15.4. The van der Waals surface area contributed by atoms with Crippen LogP contribution in [-0.4, -0.2) is 38.0 Å². The summed E-state index contributed by atoms with van der Waals surface area (Å²) in [6.07, 6.45) is 3.41. The fourth-order valence-corrected chi connectivity index (χ4v) is 4.49. The number of anilines is 2. The summed E-state index contributed by atoms with van der Waals surface area (Å²) in [5, 5.41) is 14.7. The van der Waals surface area contributed by atoms with Gasteiger partial charge in [-0.05, 0) is 35.2 Å². The van der Waals surface area contributed by atoms with Crippen molar-refractivity contribution in [1.82, 2.24) is 19.7 Å². The molecule has 0 saturated heterocycles. The molecule has 0 aromatic carbocycles. The van der Waals surface area contributed by atoms with E-state index in [2.05, 4.69) is 35.5 Å². The topological polar surface area (TPSA) is 93.1 Å². The third kappa shape index (κ3) is 2.57. The molecule has 0 fully saturated rings. The number of aliphatic hydroxyl groups is 1. The molecule has 0 saturated carbocycles. The van der Waals surface area contributed by atoms with Crippen molar-refractivity contribution in [2.45, 2.75) is 38.3 Å². The normalized spacial score (nSPS) is 19.5. The number of aromatic nitrogens is 4. The highest BCUT2D eigenvalue weighted by Crippen LogP contribution is 2.40. The average Bonchev–Trinajstić information content (AvgIpc) is 3.07. The van der Waals surface area contributed by atoms with Crippen molar-refractivity contribution in [3.8, 4) is 0 Å². The molecule has 0 amide bonds. The van der Waals surface area contributed by atoms with Crippen molar-refractivity contribution < 1.29 is 5.11 Å². The number of rotatable bonds is 3. The summed E-state index contributed by atoms with van der Waals surface area (Å²) in [7, 11) is 0. The van der Waals surface area contributed by atoms with E-state index in [1.54, 1.807) is 0 Å². The van der Waals surface area contributed by atoms with E-state index in [0.29, 0.717) is 24.1 Å². The van der Waals surface area contributed by atoms with Crippen molar-refractivity contribution >= 4 is 39.3 Å². The third-order valence-corrected chi connectivity index (χ3v) is 5.90. The van der Waals surface area contributed by atoms with Crippen LogP contribution in [-0.2, 0) is 19.5 Å². The van der Waals surface area contributed by atoms with Crippen LogP contribution in [0.1, 0.15) is 35.7 Å². The van der Waals surface area contributed by atoms with Crippen LogP contribution in [0.15, 0.2) is 4.47 Å². The average molecular weight is 414 g/mol. The van der Waals surface area contributed by atoms with Gasteiger partial charge in [-0.3, -0.25) is 4.68 Å². The number of fused-ring (bicyclic) bond motifs is 2. The number of nitrogen functional groups attached to an aromatic ring is 1. The van der Waals surface area contributed by atoms with Crippen molar-refractivity contribution in [3.05, 3.63) is 26.6 Å². The van der Waals surface area contributed by atoms with Gasteiger partial charge in [-0.25, -0.2) is 4.98 Å². The monoisotopic (exact) mass is 412 g/mol. The number of nitrogens with two attached hydrogens (primary N) is 1. The second kappa shape index (κ2) is 6.16. The predicted octanol–water partition coefficient (Wildman–Crippen LogP) is 2.10. The zero-order chi connectivity index (χ0) is 16.8. The van der Waals surface area contributed by atoms with Gasteiger partial charge in [0, 0.05) is 24.6 Å². The highest BCUT2D eigenvalue weighted by atomic mass is 79.9. The van der Waals surface area contributed by atoms with E-state index >= 15 is 0 Å². The molecule has 0 spiro atoms. The number of hydrogen-bond acceptors (Lipinski definition) is 6. The van der Waals surface area contributed by atoms with E-state index in [4.69, 9.17) is 22.4 Å². The Bertz CT molecular complexity index is 795. The van der Waals surface area contributed by atoms with Gasteiger partial charge in [0.2, 0.25) is 5.95 Å². The SMILES string of the molecule is Nc1nc(Cl)c2c(n1)N(Cc1nn3c(c1Br)CCCC3)CC2CO. The van der Waals surface area contributed by atoms with E-state index in [0.717, 1.165) is 28.7 Å². The van der Waals surface area contributed by atoms with Gasteiger partial charge in [0.25, 0.3) is 0 Å². The molecule has 2 aliphatic rings. The first kappa shape index (κ1) is 16.1. The summed E-state index contributed by atoms with van der Waals surface area (Å²) < 4.78 is 3.16. The van der Waals surface area contributed by atoms with Gasteiger partial charge in [-0.15, -0.1) is 0 Å². The largest absolute Gasteiger partial charge is 0.396 e. The number of aliphatic hydroxyl groups excluding tert-OH is 1. The summed E-state index contributed by atoms with van der Waals surface area (Å²) >= 11 is 9.94. The molecule has 9 heteroatoms. The Morgan fingerprint density at radius 2 is 2.17 bits per heavy atom. The van der Waals surface area contributed by atoms with E-state index < -0.39 is 0 Å². The molecule has 3 N–H and O–H groups in total. The predicted molar refractivity (Wildman–Crippen MR) is 95.2 cm³/mol. The lowest BCUT2D eigenvalue weighted by Crippen LogP contribution is -2.23. The Morgan fingerprint density at radius 1 is 1.33 bits per heavy atom. The zero-order valence-electron chi connectivity index (χ0n) is 13.0. The number of nitrogens with zero attached hydrogens (tertiary/aromatic N) is 5. The molecule has 7 nitrogen and oxygen atoms in total. The van der Waals surface area contributed by atoms with E-state index in [-0.39, 0.29) is 18.5 Å². The number of hydrogen-bond donors (Lipinski definition) is 2. The van der Waals surface area contributed by atoms with Gasteiger partial charge in [0.15, 0.2) is 0 Å². The van der Waals surface area contributed by atoms with Crippen molar-refractivity contribution in [3.63, 3.8) is 0 Å². The van der Waals surface area contributed by atoms with Gasteiger partial charge in [0.05, 0.1) is 29.0 Å². The molecule has 4 rings (SSSR count). The van der Waals surface area contributed by atoms with E-state index in [1.807, 2.05) is 0 Å². The van der Waals surface area contributed by atoms with Gasteiger partial charge in [-0.2, -0.15) is 10.1 Å². The molecular weight excluding hydrogens is 396 g/mol. The minimum Gasteiger partial charge on any atom is -0.396 e. The van der Waals surface area contributed by atoms with Crippen LogP contribution in [0.5, 0.6) is 0 Å². The smallest absolute Gasteiger partial charge is 0.223 e. The summed E-state index contributed by atoms with van der Waals surface area (Å²) in [5.41, 5.74) is 8.77. The van der Waals surface area contributed by atoms with Gasteiger partial charge < -0.3 is 15.7 Å². The van der Waals surface area contributed by atoms with Gasteiger partial charge in [-0.1, -0.05) is 11.6 Å². The van der Waals surface area contributed by atoms with E-state index in [1.165, 1.54) is 18.5 Å². The highest BCUT2D eigenvalue weighted by Gasteiger charge is 2.34. The molecule has 24 heavy (non-hydrogen) atoms. The molecule has 2 aliphatic heterocycles. The Hall–Kier alpha value is -1.38. The minimum atomic E-state index is -0.107. The van der Waals surface area contributed by atoms with Crippen LogP contribution >= 0.6 is 27.5 Å². The lowest BCUT2D eigenvalue weighted by Gasteiger charge is -2.17. The van der Waals surface area contributed by atoms with Crippen LogP contribution in [0, 0.1) is 0 Å². The summed E-state index contributed by atoms with van der Waals surface area (Å²) in [4.78, 5) is 10.4. The molecule has 4 heterocycles. The maximum atomic E-state index is 9.68. The second-order valence-electron chi connectivity index (χ2n) is 6.26. The Balaban J connectivity index is 1.69. The Kier molecular flexibility index (Phi) is 4.14. The lowest BCUT2D eigenvalue weighted by atomic mass is 10.1. The van der Waals surface area contributed by atoms with Crippen LogP contribution in [0.2, 0.25) is 5.15 Å². The second-order valence-corrected chi connectivity index (χ2v) is 7.41. The minimum absolute atomic E-state index is 0.00262. The van der Waals surface area contributed by atoms with Crippen LogP contribution < -0.4 is 10.6 Å². The first-order valence-corrected chi connectivity index (χ1v) is 9.18. The quantitative estimate of drug-likeness (QED) is 0.749. The molecule has 2 aromatic heterocycles.